The zero-order valence-electron chi connectivity index (χ0n) is 9.84. The lowest BCUT2D eigenvalue weighted by molar-refractivity contribution is -0.139. The van der Waals surface area contributed by atoms with Gasteiger partial charge in [-0.3, -0.25) is 4.79 Å². The highest BCUT2D eigenvalue weighted by atomic mass is 32.2. The van der Waals surface area contributed by atoms with Crippen LogP contribution < -0.4 is 0 Å². The lowest BCUT2D eigenvalue weighted by Crippen LogP contribution is -2.43. The fourth-order valence-electron chi connectivity index (χ4n) is 1.24. The minimum Gasteiger partial charge on any atom is -0.468 e. The van der Waals surface area contributed by atoms with Gasteiger partial charge in [0.05, 0.1) is 13.7 Å². The fourth-order valence-corrected chi connectivity index (χ4v) is 2.80. The van der Waals surface area contributed by atoms with Crippen molar-refractivity contribution in [3.63, 3.8) is 0 Å². The summed E-state index contributed by atoms with van der Waals surface area (Å²) in [6, 6.07) is 0. The molecule has 0 saturated carbocycles. The highest BCUT2D eigenvalue weighted by molar-refractivity contribution is 7.90. The average Bonchev–Trinajstić information content (AvgIpc) is 2.26. The Morgan fingerprint density at radius 2 is 2.00 bits per heavy atom. The van der Waals surface area contributed by atoms with Crippen molar-refractivity contribution in [1.29, 1.82) is 0 Å². The van der Waals surface area contributed by atoms with Gasteiger partial charge in [-0.05, 0) is 13.3 Å². The van der Waals surface area contributed by atoms with Gasteiger partial charge in [-0.2, -0.15) is 4.31 Å². The van der Waals surface area contributed by atoms with Crippen LogP contribution in [0.25, 0.3) is 0 Å². The summed E-state index contributed by atoms with van der Waals surface area (Å²) < 4.78 is 29.4. The van der Waals surface area contributed by atoms with Crippen molar-refractivity contribution < 1.29 is 23.1 Å². The van der Waals surface area contributed by atoms with Gasteiger partial charge >= 0.3 is 5.97 Å². The fraction of sp³-hybridized carbons (Fsp3) is 0.889. The van der Waals surface area contributed by atoms with E-state index in [0.717, 1.165) is 11.4 Å². The van der Waals surface area contributed by atoms with Gasteiger partial charge < -0.3 is 9.84 Å². The van der Waals surface area contributed by atoms with Gasteiger partial charge in [0.1, 0.15) is 0 Å². The number of methoxy groups -OCH3 is 1. The van der Waals surface area contributed by atoms with E-state index >= 15 is 0 Å². The molecule has 0 rings (SSSR count). The third kappa shape index (κ3) is 3.73. The molecule has 0 heterocycles. The van der Waals surface area contributed by atoms with Crippen LogP contribution in [0.3, 0.4) is 0 Å². The smallest absolute Gasteiger partial charge is 0.325 e. The van der Waals surface area contributed by atoms with Crippen molar-refractivity contribution in [2.75, 3.05) is 26.8 Å². The Kier molecular flexibility index (Phi) is 6.54. The van der Waals surface area contributed by atoms with E-state index in [1.807, 2.05) is 6.92 Å². The van der Waals surface area contributed by atoms with Gasteiger partial charge in [-0.25, -0.2) is 8.42 Å². The summed E-state index contributed by atoms with van der Waals surface area (Å²) in [6.45, 7) is 3.11. The van der Waals surface area contributed by atoms with Crippen LogP contribution in [0.5, 0.6) is 0 Å². The average molecular weight is 253 g/mol. The molecule has 0 aliphatic heterocycles. The molecule has 0 aliphatic rings. The molecule has 1 atom stereocenters. The van der Waals surface area contributed by atoms with Crippen molar-refractivity contribution in [2.24, 2.45) is 0 Å². The van der Waals surface area contributed by atoms with Gasteiger partial charge in [0, 0.05) is 13.1 Å². The molecule has 0 aromatic rings. The minimum absolute atomic E-state index is 0.00247. The number of carbonyl (C=O) groups excluding carboxylic acids is 1. The monoisotopic (exact) mass is 253 g/mol. The molecule has 0 radical (unpaired) electrons. The van der Waals surface area contributed by atoms with Crippen molar-refractivity contribution >= 4 is 16.0 Å². The summed E-state index contributed by atoms with van der Waals surface area (Å²) in [5.74, 6) is -0.793. The van der Waals surface area contributed by atoms with Crippen LogP contribution in [0.4, 0.5) is 0 Å². The number of nitrogens with zero attached hydrogens (tertiary/aromatic N) is 1. The second kappa shape index (κ2) is 6.82. The van der Waals surface area contributed by atoms with Crippen molar-refractivity contribution in [1.82, 2.24) is 4.31 Å². The summed E-state index contributed by atoms with van der Waals surface area (Å²) in [5.41, 5.74) is 0. The number of hydrogen-bond donors (Lipinski definition) is 1. The maximum atomic E-state index is 11.9. The molecule has 0 fully saturated rings. The number of aliphatic hydroxyl groups is 1. The molecule has 0 bridgehead atoms. The number of esters is 1. The van der Waals surface area contributed by atoms with E-state index in [9.17, 15) is 13.2 Å². The van der Waals surface area contributed by atoms with Crippen LogP contribution in [0.1, 0.15) is 20.3 Å². The number of rotatable bonds is 7. The molecule has 1 unspecified atom stereocenters. The first-order valence-corrected chi connectivity index (χ1v) is 6.59. The van der Waals surface area contributed by atoms with Crippen LogP contribution in [-0.2, 0) is 19.6 Å². The summed E-state index contributed by atoms with van der Waals surface area (Å²) in [4.78, 5) is 11.2. The Balaban J connectivity index is 4.90. The van der Waals surface area contributed by atoms with E-state index < -0.39 is 21.2 Å². The molecule has 0 spiro atoms. The molecule has 16 heavy (non-hydrogen) atoms. The van der Waals surface area contributed by atoms with E-state index in [2.05, 4.69) is 4.74 Å². The highest BCUT2D eigenvalue weighted by Gasteiger charge is 2.33. The Morgan fingerprint density at radius 3 is 2.38 bits per heavy atom. The Morgan fingerprint density at radius 1 is 1.44 bits per heavy atom. The maximum Gasteiger partial charge on any atom is 0.325 e. The zero-order valence-corrected chi connectivity index (χ0v) is 10.7. The predicted molar refractivity (Wildman–Crippen MR) is 59.3 cm³/mol. The largest absolute Gasteiger partial charge is 0.468 e. The lowest BCUT2D eigenvalue weighted by atomic mass is 10.5. The molecule has 0 saturated heterocycles. The summed E-state index contributed by atoms with van der Waals surface area (Å²) in [5, 5.41) is 7.54. The number of aliphatic hydroxyl groups excluding tert-OH is 1. The molecule has 0 amide bonds. The SMILES string of the molecule is CCCN(CCO)S(=O)(=O)C(C)C(=O)OC. The van der Waals surface area contributed by atoms with Crippen LogP contribution in [0.15, 0.2) is 0 Å². The molecule has 6 nitrogen and oxygen atoms in total. The molecule has 1 N–H and O–H groups in total. The van der Waals surface area contributed by atoms with Gasteiger partial charge in [-0.15, -0.1) is 0 Å². The van der Waals surface area contributed by atoms with Crippen LogP contribution >= 0.6 is 0 Å². The summed E-state index contributed by atoms with van der Waals surface area (Å²) in [6.07, 6.45) is 0.618. The number of sulfonamides is 1. The second-order valence-electron chi connectivity index (χ2n) is 3.33. The molecule has 0 aliphatic carbocycles. The number of carbonyl (C=O) groups is 1. The van der Waals surface area contributed by atoms with E-state index in [0.29, 0.717) is 6.42 Å². The van der Waals surface area contributed by atoms with Crippen LogP contribution in [0.2, 0.25) is 0 Å². The van der Waals surface area contributed by atoms with E-state index in [4.69, 9.17) is 5.11 Å². The molecular weight excluding hydrogens is 234 g/mol. The van der Waals surface area contributed by atoms with E-state index in [1.165, 1.54) is 6.92 Å². The second-order valence-corrected chi connectivity index (χ2v) is 5.59. The Labute approximate surface area is 96.2 Å². The van der Waals surface area contributed by atoms with Gasteiger partial charge in [0.15, 0.2) is 5.25 Å². The van der Waals surface area contributed by atoms with Crippen molar-refractivity contribution in [2.45, 2.75) is 25.5 Å². The molecular formula is C9H19NO5S. The number of ether oxygens (including phenoxy) is 1. The summed E-state index contributed by atoms with van der Waals surface area (Å²) in [7, 11) is -2.59. The van der Waals surface area contributed by atoms with Crippen molar-refractivity contribution in [3.8, 4) is 0 Å². The first kappa shape index (κ1) is 15.3. The zero-order chi connectivity index (χ0) is 12.8. The van der Waals surface area contributed by atoms with E-state index in [1.54, 1.807) is 0 Å². The third-order valence-corrected chi connectivity index (χ3v) is 4.33. The molecule has 7 heteroatoms. The van der Waals surface area contributed by atoms with E-state index in [-0.39, 0.29) is 19.7 Å². The van der Waals surface area contributed by atoms with Gasteiger partial charge in [-0.1, -0.05) is 6.92 Å². The summed E-state index contributed by atoms with van der Waals surface area (Å²) >= 11 is 0. The quantitative estimate of drug-likeness (QED) is 0.623. The minimum atomic E-state index is -3.74. The lowest BCUT2D eigenvalue weighted by Gasteiger charge is -2.23. The topological polar surface area (TPSA) is 83.9 Å². The van der Waals surface area contributed by atoms with Crippen LogP contribution in [0, 0.1) is 0 Å². The third-order valence-electron chi connectivity index (χ3n) is 2.16. The molecule has 0 aromatic carbocycles. The number of hydrogen-bond acceptors (Lipinski definition) is 5. The van der Waals surface area contributed by atoms with Gasteiger partial charge in [0.25, 0.3) is 0 Å². The first-order valence-electron chi connectivity index (χ1n) is 5.09. The predicted octanol–water partition coefficient (Wildman–Crippen LogP) is -0.418. The standard InChI is InChI=1S/C9H19NO5S/c1-4-5-10(6-7-11)16(13,14)8(2)9(12)15-3/h8,11H,4-7H2,1-3H3. The van der Waals surface area contributed by atoms with Crippen LogP contribution in [-0.4, -0.2) is 55.9 Å². The molecule has 0 aromatic heterocycles. The Bertz CT molecular complexity index is 308. The normalized spacial score (nSPS) is 13.8. The highest BCUT2D eigenvalue weighted by Crippen LogP contribution is 2.10. The van der Waals surface area contributed by atoms with Gasteiger partial charge in [0.2, 0.25) is 10.0 Å². The first-order chi connectivity index (χ1) is 7.41. The maximum absolute atomic E-state index is 11.9. The molecule has 96 valence electrons. The Hall–Kier alpha value is -0.660. The van der Waals surface area contributed by atoms with Crippen molar-refractivity contribution in [3.05, 3.63) is 0 Å².